The van der Waals surface area contributed by atoms with Crippen molar-refractivity contribution in [1.29, 1.82) is 0 Å². The molecule has 1 fully saturated rings. The summed E-state index contributed by atoms with van der Waals surface area (Å²) in [4.78, 5) is 25.8. The number of carbonyl (C=O) groups excluding carboxylic acids is 2. The quantitative estimate of drug-likeness (QED) is 0.663. The summed E-state index contributed by atoms with van der Waals surface area (Å²) in [5, 5.41) is 0. The Labute approximate surface area is 151 Å². The van der Waals surface area contributed by atoms with Gasteiger partial charge in [0.15, 0.2) is 21.3 Å². The Kier molecular flexibility index (Phi) is 5.33. The number of amides is 2. The van der Waals surface area contributed by atoms with Gasteiger partial charge in [0.25, 0.3) is 11.8 Å². The van der Waals surface area contributed by atoms with Gasteiger partial charge < -0.3 is 9.47 Å². The topological polar surface area (TPSA) is 114 Å². The second kappa shape index (κ2) is 7.50. The highest BCUT2D eigenvalue weighted by Gasteiger charge is 2.31. The fraction of sp³-hybridized carbons (Fsp3) is 0.500. The number of benzene rings is 1. The van der Waals surface area contributed by atoms with Gasteiger partial charge in [-0.1, -0.05) is 0 Å². The minimum atomic E-state index is -3.01. The van der Waals surface area contributed by atoms with E-state index in [-0.39, 0.29) is 24.1 Å². The van der Waals surface area contributed by atoms with E-state index >= 15 is 0 Å². The van der Waals surface area contributed by atoms with E-state index in [1.165, 1.54) is 0 Å². The first-order valence-corrected chi connectivity index (χ1v) is 10.1. The van der Waals surface area contributed by atoms with Gasteiger partial charge in [-0.05, 0) is 31.7 Å². The van der Waals surface area contributed by atoms with E-state index in [0.29, 0.717) is 36.7 Å². The zero-order chi connectivity index (χ0) is 18.7. The largest absolute Gasteiger partial charge is 0.486 e. The molecule has 0 spiro atoms. The molecular formula is C16H21N3O6S. The van der Waals surface area contributed by atoms with Gasteiger partial charge in [-0.2, -0.15) is 0 Å². The highest BCUT2D eigenvalue weighted by atomic mass is 32.2. The van der Waals surface area contributed by atoms with Gasteiger partial charge >= 0.3 is 0 Å². The van der Waals surface area contributed by atoms with Crippen LogP contribution in [0.1, 0.15) is 16.8 Å². The van der Waals surface area contributed by atoms with Crippen LogP contribution in [-0.2, 0) is 14.6 Å². The maximum atomic E-state index is 12.1. The second-order valence-corrected chi connectivity index (χ2v) is 8.56. The van der Waals surface area contributed by atoms with E-state index < -0.39 is 21.7 Å². The second-order valence-electron chi connectivity index (χ2n) is 6.33. The van der Waals surface area contributed by atoms with Crippen LogP contribution in [-0.4, -0.2) is 69.5 Å². The van der Waals surface area contributed by atoms with Crippen molar-refractivity contribution >= 4 is 21.7 Å². The number of hydrazine groups is 1. The molecule has 1 saturated heterocycles. The van der Waals surface area contributed by atoms with Crippen LogP contribution in [0.25, 0.3) is 0 Å². The van der Waals surface area contributed by atoms with E-state index in [2.05, 4.69) is 10.9 Å². The highest BCUT2D eigenvalue weighted by Crippen LogP contribution is 2.30. The molecule has 0 saturated carbocycles. The average molecular weight is 383 g/mol. The number of hydrogen-bond donors (Lipinski definition) is 2. The third-order valence-corrected chi connectivity index (χ3v) is 6.09. The molecule has 0 aromatic heterocycles. The van der Waals surface area contributed by atoms with Crippen LogP contribution >= 0.6 is 0 Å². The Morgan fingerprint density at radius 1 is 1.19 bits per heavy atom. The van der Waals surface area contributed by atoms with Gasteiger partial charge in [-0.15, -0.1) is 0 Å². The molecule has 0 radical (unpaired) electrons. The number of fused-ring (bicyclic) bond motifs is 1. The fourth-order valence-corrected chi connectivity index (χ4v) is 4.71. The molecule has 2 N–H and O–H groups in total. The Morgan fingerprint density at radius 3 is 2.62 bits per heavy atom. The van der Waals surface area contributed by atoms with Crippen molar-refractivity contribution in [3.8, 4) is 11.5 Å². The number of ether oxygens (including phenoxy) is 2. The number of hydrogen-bond acceptors (Lipinski definition) is 7. The molecule has 1 aromatic carbocycles. The number of rotatable bonds is 4. The van der Waals surface area contributed by atoms with E-state index in [9.17, 15) is 18.0 Å². The van der Waals surface area contributed by atoms with Crippen LogP contribution in [0.5, 0.6) is 11.5 Å². The van der Waals surface area contributed by atoms with E-state index in [1.54, 1.807) is 30.1 Å². The summed E-state index contributed by atoms with van der Waals surface area (Å²) in [5.41, 5.74) is 5.00. The number of likely N-dealkylation sites (N-methyl/N-ethyl adjacent to an activating group) is 1. The third kappa shape index (κ3) is 4.44. The van der Waals surface area contributed by atoms with E-state index in [1.807, 2.05) is 0 Å². The fourth-order valence-electron chi connectivity index (χ4n) is 2.90. The summed E-state index contributed by atoms with van der Waals surface area (Å²) in [6.07, 6.45) is 0.510. The predicted molar refractivity (Wildman–Crippen MR) is 92.7 cm³/mol. The normalized spacial score (nSPS) is 20.6. The minimum Gasteiger partial charge on any atom is -0.486 e. The van der Waals surface area contributed by atoms with Gasteiger partial charge in [0, 0.05) is 11.6 Å². The molecule has 1 unspecified atom stereocenters. The molecule has 9 nitrogen and oxygen atoms in total. The Morgan fingerprint density at radius 2 is 1.92 bits per heavy atom. The molecule has 10 heteroatoms. The van der Waals surface area contributed by atoms with Gasteiger partial charge in [-0.25, -0.2) is 8.42 Å². The lowest BCUT2D eigenvalue weighted by Gasteiger charge is -2.22. The van der Waals surface area contributed by atoms with Crippen LogP contribution < -0.4 is 20.3 Å². The number of carbonyl (C=O) groups is 2. The lowest BCUT2D eigenvalue weighted by atomic mass is 10.2. The maximum absolute atomic E-state index is 12.1. The van der Waals surface area contributed by atoms with E-state index in [0.717, 1.165) is 0 Å². The zero-order valence-corrected chi connectivity index (χ0v) is 15.2. The maximum Gasteiger partial charge on any atom is 0.269 e. The number of nitrogens with zero attached hydrogens (tertiary/aromatic N) is 1. The Bertz CT molecular complexity index is 810. The zero-order valence-electron chi connectivity index (χ0n) is 14.4. The molecule has 1 atom stereocenters. The lowest BCUT2D eigenvalue weighted by molar-refractivity contribution is -0.123. The Hall–Kier alpha value is -2.33. The highest BCUT2D eigenvalue weighted by molar-refractivity contribution is 7.91. The van der Waals surface area contributed by atoms with Crippen LogP contribution in [0, 0.1) is 0 Å². The van der Waals surface area contributed by atoms with Gasteiger partial charge in [0.2, 0.25) is 0 Å². The number of sulfone groups is 1. The third-order valence-electron chi connectivity index (χ3n) is 4.34. The summed E-state index contributed by atoms with van der Waals surface area (Å²) in [7, 11) is -1.32. The molecule has 2 aliphatic heterocycles. The molecule has 0 aliphatic carbocycles. The summed E-state index contributed by atoms with van der Waals surface area (Å²) in [5.74, 6) is 0.344. The first-order chi connectivity index (χ1) is 12.3. The van der Waals surface area contributed by atoms with Gasteiger partial charge in [0.05, 0.1) is 18.1 Å². The van der Waals surface area contributed by atoms with E-state index in [4.69, 9.17) is 9.47 Å². The monoisotopic (exact) mass is 383 g/mol. The van der Waals surface area contributed by atoms with Crippen molar-refractivity contribution in [3.05, 3.63) is 23.8 Å². The molecule has 2 aliphatic rings. The van der Waals surface area contributed by atoms with Gasteiger partial charge in [0.1, 0.15) is 13.2 Å². The van der Waals surface area contributed by atoms with Crippen molar-refractivity contribution in [3.63, 3.8) is 0 Å². The first-order valence-electron chi connectivity index (χ1n) is 8.23. The molecule has 2 heterocycles. The van der Waals surface area contributed by atoms with Crippen molar-refractivity contribution < 1.29 is 27.5 Å². The standard InChI is InChI=1S/C16H21N3O6S/c1-19(12-4-7-26(22,23)10-12)9-15(20)17-18-16(21)11-2-3-13-14(8-11)25-6-5-24-13/h2-3,8,12H,4-7,9-10H2,1H3,(H,17,20)(H,18,21). The molecular weight excluding hydrogens is 362 g/mol. The molecule has 0 bridgehead atoms. The Balaban J connectivity index is 1.49. The predicted octanol–water partition coefficient (Wildman–Crippen LogP) is -0.662. The van der Waals surface area contributed by atoms with Crippen molar-refractivity contribution in [2.75, 3.05) is 38.3 Å². The van der Waals surface area contributed by atoms with Gasteiger partial charge in [-0.3, -0.25) is 25.3 Å². The molecule has 26 heavy (non-hydrogen) atoms. The minimum absolute atomic E-state index is 0.0123. The van der Waals surface area contributed by atoms with Crippen LogP contribution in [0.3, 0.4) is 0 Å². The van der Waals surface area contributed by atoms with Crippen LogP contribution in [0.2, 0.25) is 0 Å². The molecule has 3 rings (SSSR count). The summed E-state index contributed by atoms with van der Waals surface area (Å²) < 4.78 is 33.8. The smallest absolute Gasteiger partial charge is 0.269 e. The van der Waals surface area contributed by atoms with Crippen LogP contribution in [0.15, 0.2) is 18.2 Å². The summed E-state index contributed by atoms with van der Waals surface area (Å²) in [6, 6.07) is 4.58. The SMILES string of the molecule is CN(CC(=O)NNC(=O)c1ccc2c(c1)OCCO2)C1CCS(=O)(=O)C1. The molecule has 142 valence electrons. The number of nitrogens with one attached hydrogen (secondary N) is 2. The molecule has 2 amide bonds. The average Bonchev–Trinajstić information content (AvgIpc) is 2.99. The summed E-state index contributed by atoms with van der Waals surface area (Å²) in [6.45, 7) is 0.865. The summed E-state index contributed by atoms with van der Waals surface area (Å²) >= 11 is 0. The molecule has 1 aromatic rings. The van der Waals surface area contributed by atoms with Crippen LogP contribution in [0.4, 0.5) is 0 Å². The van der Waals surface area contributed by atoms with Crippen molar-refractivity contribution in [1.82, 2.24) is 15.8 Å². The lowest BCUT2D eigenvalue weighted by Crippen LogP contribution is -2.47. The van der Waals surface area contributed by atoms with Crippen molar-refractivity contribution in [2.45, 2.75) is 12.5 Å². The first kappa shape index (κ1) is 18.5. The van der Waals surface area contributed by atoms with Crippen molar-refractivity contribution in [2.24, 2.45) is 0 Å².